The largest absolute Gasteiger partial charge is 0.508 e. The van der Waals surface area contributed by atoms with Crippen LogP contribution >= 0.6 is 11.6 Å². The molecule has 4 N–H and O–H groups in total. The van der Waals surface area contributed by atoms with Crippen LogP contribution in [0.15, 0.2) is 24.3 Å². The Kier molecular flexibility index (Phi) is 7.33. The van der Waals surface area contributed by atoms with Gasteiger partial charge >= 0.3 is 5.97 Å². The Hall–Kier alpha value is -1.26. The predicted molar refractivity (Wildman–Crippen MR) is 63.8 cm³/mol. The van der Waals surface area contributed by atoms with Crippen molar-refractivity contribution in [2.24, 2.45) is 5.73 Å². The van der Waals surface area contributed by atoms with Crippen molar-refractivity contribution in [3.05, 3.63) is 29.8 Å². The molecule has 0 amide bonds. The third kappa shape index (κ3) is 6.27. The Morgan fingerprint density at radius 3 is 2.25 bits per heavy atom. The first-order valence-corrected chi connectivity index (χ1v) is 5.37. The van der Waals surface area contributed by atoms with E-state index in [0.29, 0.717) is 0 Å². The van der Waals surface area contributed by atoms with Crippen LogP contribution in [0.25, 0.3) is 0 Å². The molecular formula is C11H16ClNO3. The molecule has 0 heterocycles. The fourth-order valence-electron chi connectivity index (χ4n) is 0.973. The Morgan fingerprint density at radius 1 is 1.44 bits per heavy atom. The molecule has 0 aromatic heterocycles. The molecule has 1 unspecified atom stereocenters. The predicted octanol–water partition coefficient (Wildman–Crippen LogP) is 1.59. The molecular weight excluding hydrogens is 230 g/mol. The smallest absolute Gasteiger partial charge is 0.320 e. The summed E-state index contributed by atoms with van der Waals surface area (Å²) in [6.07, 6.45) is 0.273. The van der Waals surface area contributed by atoms with Gasteiger partial charge in [-0.05, 0) is 24.1 Å². The number of rotatable bonds is 3. The van der Waals surface area contributed by atoms with Gasteiger partial charge in [0.05, 0.1) is 0 Å². The highest BCUT2D eigenvalue weighted by atomic mass is 35.5. The lowest BCUT2D eigenvalue weighted by Crippen LogP contribution is -2.32. The standard InChI is InChI=1S/C9H11NO3.C2H5Cl/c10-8(9(12)13)5-6-1-3-7(11)4-2-6;1-2-3/h1-4,8,11H,5,10H2,(H,12,13);2H2,1H3. The van der Waals surface area contributed by atoms with Gasteiger partial charge in [0, 0.05) is 5.88 Å². The van der Waals surface area contributed by atoms with Crippen molar-refractivity contribution in [2.75, 3.05) is 5.88 Å². The van der Waals surface area contributed by atoms with Crippen LogP contribution in [0.5, 0.6) is 5.75 Å². The number of halogens is 1. The number of nitrogens with two attached hydrogens (primary N) is 1. The Labute approximate surface area is 99.7 Å². The monoisotopic (exact) mass is 245 g/mol. The van der Waals surface area contributed by atoms with Crippen molar-refractivity contribution < 1.29 is 15.0 Å². The molecule has 0 aliphatic carbocycles. The molecule has 0 radical (unpaired) electrons. The second-order valence-corrected chi connectivity index (χ2v) is 3.62. The number of benzene rings is 1. The van der Waals surface area contributed by atoms with E-state index in [4.69, 9.17) is 27.5 Å². The molecule has 1 rings (SSSR count). The maximum Gasteiger partial charge on any atom is 0.320 e. The van der Waals surface area contributed by atoms with Gasteiger partial charge in [-0.1, -0.05) is 19.1 Å². The van der Waals surface area contributed by atoms with Crippen molar-refractivity contribution in [3.63, 3.8) is 0 Å². The first-order valence-electron chi connectivity index (χ1n) is 4.83. The zero-order valence-corrected chi connectivity index (χ0v) is 9.81. The maximum atomic E-state index is 10.4. The Balaban J connectivity index is 0.000000673. The van der Waals surface area contributed by atoms with Gasteiger partial charge in [-0.15, -0.1) is 11.6 Å². The quantitative estimate of drug-likeness (QED) is 0.706. The fourth-order valence-corrected chi connectivity index (χ4v) is 0.973. The molecule has 0 aliphatic heterocycles. The SMILES string of the molecule is CCCl.NC(Cc1ccc(O)cc1)C(=O)O. The topological polar surface area (TPSA) is 83.5 Å². The lowest BCUT2D eigenvalue weighted by Gasteiger charge is -2.05. The van der Waals surface area contributed by atoms with Crippen LogP contribution in [-0.4, -0.2) is 28.1 Å². The third-order valence-corrected chi connectivity index (χ3v) is 1.71. The van der Waals surface area contributed by atoms with Gasteiger partial charge in [0.2, 0.25) is 0 Å². The van der Waals surface area contributed by atoms with E-state index in [0.717, 1.165) is 11.4 Å². The maximum absolute atomic E-state index is 10.4. The minimum Gasteiger partial charge on any atom is -0.508 e. The number of phenols is 1. The van der Waals surface area contributed by atoms with Gasteiger partial charge in [-0.3, -0.25) is 4.79 Å². The number of hydrogen-bond donors (Lipinski definition) is 3. The van der Waals surface area contributed by atoms with E-state index in [-0.39, 0.29) is 12.2 Å². The van der Waals surface area contributed by atoms with Crippen LogP contribution in [0.1, 0.15) is 12.5 Å². The molecule has 5 heteroatoms. The Morgan fingerprint density at radius 2 is 1.88 bits per heavy atom. The number of carboxylic acid groups (broad SMARTS) is 1. The highest BCUT2D eigenvalue weighted by molar-refractivity contribution is 6.17. The van der Waals surface area contributed by atoms with Gasteiger partial charge in [0.25, 0.3) is 0 Å². The van der Waals surface area contributed by atoms with Crippen molar-refractivity contribution in [3.8, 4) is 5.75 Å². The molecule has 16 heavy (non-hydrogen) atoms. The highest BCUT2D eigenvalue weighted by Crippen LogP contribution is 2.10. The third-order valence-electron chi connectivity index (χ3n) is 1.71. The molecule has 0 saturated heterocycles. The molecule has 0 aliphatic rings. The van der Waals surface area contributed by atoms with Crippen LogP contribution in [-0.2, 0) is 11.2 Å². The number of hydrogen-bond acceptors (Lipinski definition) is 3. The van der Waals surface area contributed by atoms with Crippen molar-refractivity contribution in [1.82, 2.24) is 0 Å². The average Bonchev–Trinajstić information content (AvgIpc) is 2.22. The van der Waals surface area contributed by atoms with Crippen molar-refractivity contribution in [2.45, 2.75) is 19.4 Å². The highest BCUT2D eigenvalue weighted by Gasteiger charge is 2.11. The minimum atomic E-state index is -1.02. The summed E-state index contributed by atoms with van der Waals surface area (Å²) in [6, 6.07) is 5.42. The normalized spacial score (nSPS) is 11.2. The van der Waals surface area contributed by atoms with Gasteiger partial charge in [0.15, 0.2) is 0 Å². The summed E-state index contributed by atoms with van der Waals surface area (Å²) in [7, 11) is 0. The van der Waals surface area contributed by atoms with Gasteiger partial charge in [-0.25, -0.2) is 0 Å². The summed E-state index contributed by atoms with van der Waals surface area (Å²) in [6.45, 7) is 1.89. The summed E-state index contributed by atoms with van der Waals surface area (Å²) >= 11 is 5.00. The van der Waals surface area contributed by atoms with E-state index in [1.165, 1.54) is 12.1 Å². The van der Waals surface area contributed by atoms with E-state index in [2.05, 4.69) is 0 Å². The van der Waals surface area contributed by atoms with E-state index in [9.17, 15) is 4.79 Å². The van der Waals surface area contributed by atoms with Crippen LogP contribution < -0.4 is 5.73 Å². The van der Waals surface area contributed by atoms with Crippen molar-refractivity contribution in [1.29, 1.82) is 0 Å². The first kappa shape index (κ1) is 14.7. The summed E-state index contributed by atoms with van der Waals surface area (Å²) in [4.78, 5) is 10.4. The number of carbonyl (C=O) groups is 1. The van der Waals surface area contributed by atoms with Crippen LogP contribution in [0.2, 0.25) is 0 Å². The minimum absolute atomic E-state index is 0.160. The lowest BCUT2D eigenvalue weighted by molar-refractivity contribution is -0.138. The number of alkyl halides is 1. The molecule has 1 atom stereocenters. The molecule has 90 valence electrons. The molecule has 0 fully saturated rings. The molecule has 0 bridgehead atoms. The van der Waals surface area contributed by atoms with Crippen LogP contribution in [0.4, 0.5) is 0 Å². The van der Waals surface area contributed by atoms with Gasteiger partial charge < -0.3 is 15.9 Å². The number of phenolic OH excluding ortho intramolecular Hbond substituents is 1. The van der Waals surface area contributed by atoms with E-state index < -0.39 is 12.0 Å². The molecule has 4 nitrogen and oxygen atoms in total. The van der Waals surface area contributed by atoms with E-state index in [1.807, 2.05) is 6.92 Å². The second-order valence-electron chi connectivity index (χ2n) is 3.08. The number of aliphatic carboxylic acids is 1. The zero-order chi connectivity index (χ0) is 12.6. The lowest BCUT2D eigenvalue weighted by atomic mass is 10.1. The van der Waals surface area contributed by atoms with Gasteiger partial charge in [-0.2, -0.15) is 0 Å². The summed E-state index contributed by atoms with van der Waals surface area (Å²) in [5, 5.41) is 17.5. The van der Waals surface area contributed by atoms with Crippen LogP contribution in [0, 0.1) is 0 Å². The fraction of sp³-hybridized carbons (Fsp3) is 0.364. The molecule has 0 saturated carbocycles. The van der Waals surface area contributed by atoms with Gasteiger partial charge in [0.1, 0.15) is 11.8 Å². The number of carboxylic acids is 1. The Bertz CT molecular complexity index is 314. The van der Waals surface area contributed by atoms with Crippen LogP contribution in [0.3, 0.4) is 0 Å². The molecule has 0 spiro atoms. The molecule has 1 aromatic carbocycles. The van der Waals surface area contributed by atoms with E-state index in [1.54, 1.807) is 12.1 Å². The summed E-state index contributed by atoms with van der Waals surface area (Å²) in [5.41, 5.74) is 6.12. The summed E-state index contributed by atoms with van der Waals surface area (Å²) in [5.74, 6) is -0.138. The average molecular weight is 246 g/mol. The second kappa shape index (κ2) is 7.96. The molecule has 1 aromatic rings. The number of aromatic hydroxyl groups is 1. The first-order chi connectivity index (χ1) is 7.51. The summed E-state index contributed by atoms with van der Waals surface area (Å²) < 4.78 is 0. The van der Waals surface area contributed by atoms with Crippen molar-refractivity contribution >= 4 is 17.6 Å². The van der Waals surface area contributed by atoms with E-state index >= 15 is 0 Å². The zero-order valence-electron chi connectivity index (χ0n) is 9.06.